The Morgan fingerprint density at radius 3 is 2.69 bits per heavy atom. The number of piperazine rings is 1. The average molecular weight is 535 g/mol. The van der Waals surface area contributed by atoms with Gasteiger partial charge in [-0.25, -0.2) is 18.9 Å². The third kappa shape index (κ3) is 4.81. The van der Waals surface area contributed by atoms with Crippen LogP contribution in [0.5, 0.6) is 0 Å². The van der Waals surface area contributed by atoms with Gasteiger partial charge in [0.25, 0.3) is 11.9 Å². The molecule has 0 aliphatic carbocycles. The summed E-state index contributed by atoms with van der Waals surface area (Å²) < 4.78 is 28.7. The minimum atomic E-state index is -0.422. The Labute approximate surface area is 225 Å². The Morgan fingerprint density at radius 1 is 1.13 bits per heavy atom. The number of aryl methyl sites for hydroxylation is 1. The van der Waals surface area contributed by atoms with E-state index in [-0.39, 0.29) is 17.5 Å². The molecule has 1 atom stereocenters. The van der Waals surface area contributed by atoms with Gasteiger partial charge in [0.2, 0.25) is 0 Å². The lowest BCUT2D eigenvalue weighted by molar-refractivity contribution is 0.0963. The zero-order chi connectivity index (χ0) is 27.1. The minimum Gasteiger partial charge on any atom is -0.423 e. The Morgan fingerprint density at radius 2 is 1.95 bits per heavy atom. The fourth-order valence-electron chi connectivity index (χ4n) is 5.01. The molecule has 1 amide bonds. The number of carbonyl (C=O) groups excluding carboxylic acids is 1. The van der Waals surface area contributed by atoms with E-state index < -0.39 is 5.82 Å². The topological polar surface area (TPSA) is 113 Å². The third-order valence-corrected chi connectivity index (χ3v) is 7.33. The van der Waals surface area contributed by atoms with Crippen molar-refractivity contribution < 1.29 is 18.3 Å². The maximum absolute atomic E-state index is 15.4. The number of oxazole rings is 1. The van der Waals surface area contributed by atoms with E-state index in [4.69, 9.17) is 14.1 Å². The highest BCUT2D eigenvalue weighted by atomic mass is 19.1. The first-order valence-corrected chi connectivity index (χ1v) is 13.1. The number of rotatable bonds is 6. The van der Waals surface area contributed by atoms with Gasteiger partial charge >= 0.3 is 0 Å². The van der Waals surface area contributed by atoms with Crippen molar-refractivity contribution in [1.82, 2.24) is 29.8 Å². The van der Waals surface area contributed by atoms with Crippen molar-refractivity contribution >= 4 is 23.4 Å². The Kier molecular flexibility index (Phi) is 6.65. The van der Waals surface area contributed by atoms with Crippen LogP contribution in [-0.2, 0) is 4.74 Å². The van der Waals surface area contributed by atoms with Crippen LogP contribution in [0, 0.1) is 12.7 Å². The molecule has 2 aliphatic heterocycles. The highest BCUT2D eigenvalue weighted by molar-refractivity contribution is 5.96. The number of fused-ring (bicyclic) bond motifs is 1. The molecule has 0 spiro atoms. The molecule has 0 radical (unpaired) electrons. The normalized spacial score (nSPS) is 18.2. The van der Waals surface area contributed by atoms with Gasteiger partial charge in [-0.3, -0.25) is 4.79 Å². The van der Waals surface area contributed by atoms with Crippen LogP contribution in [-0.4, -0.2) is 89.9 Å². The van der Waals surface area contributed by atoms with Crippen LogP contribution >= 0.6 is 0 Å². The molecule has 0 saturated carbocycles. The van der Waals surface area contributed by atoms with Gasteiger partial charge in [0, 0.05) is 62.7 Å². The number of hydrogen-bond acceptors (Lipinski definition) is 9. The van der Waals surface area contributed by atoms with E-state index in [1.807, 2.05) is 6.20 Å². The molecule has 39 heavy (non-hydrogen) atoms. The van der Waals surface area contributed by atoms with Crippen molar-refractivity contribution in [3.05, 3.63) is 47.7 Å². The number of likely N-dealkylation sites (N-methyl/N-ethyl adjacent to an activating group) is 1. The van der Waals surface area contributed by atoms with Gasteiger partial charge in [-0.05, 0) is 38.1 Å². The molecular formula is C27H31FN8O3. The smallest absolute Gasteiger partial charge is 0.297 e. The number of benzene rings is 1. The summed E-state index contributed by atoms with van der Waals surface area (Å²) in [6, 6.07) is 3.70. The number of aromatic nitrogens is 4. The molecule has 0 bridgehead atoms. The fourth-order valence-corrected chi connectivity index (χ4v) is 5.01. The van der Waals surface area contributed by atoms with Crippen molar-refractivity contribution in [2.45, 2.75) is 19.4 Å². The summed E-state index contributed by atoms with van der Waals surface area (Å²) in [5.41, 5.74) is 2.60. The summed E-state index contributed by atoms with van der Waals surface area (Å²) in [7, 11) is 3.65. The first-order chi connectivity index (χ1) is 18.9. The van der Waals surface area contributed by atoms with E-state index in [9.17, 15) is 4.79 Å². The number of nitrogens with one attached hydrogen (secondary N) is 2. The first-order valence-electron chi connectivity index (χ1n) is 13.1. The van der Waals surface area contributed by atoms with Crippen LogP contribution in [0.3, 0.4) is 0 Å². The summed E-state index contributed by atoms with van der Waals surface area (Å²) in [5, 5.41) is 10.6. The van der Waals surface area contributed by atoms with E-state index in [2.05, 4.69) is 37.6 Å². The van der Waals surface area contributed by atoms with Crippen molar-refractivity contribution in [1.29, 1.82) is 0 Å². The van der Waals surface area contributed by atoms with E-state index in [1.54, 1.807) is 30.9 Å². The number of halogens is 1. The van der Waals surface area contributed by atoms with Gasteiger partial charge in [0.1, 0.15) is 11.6 Å². The van der Waals surface area contributed by atoms with Crippen LogP contribution in [0.25, 0.3) is 28.1 Å². The van der Waals surface area contributed by atoms with Crippen molar-refractivity contribution in [3.63, 3.8) is 0 Å². The third-order valence-electron chi connectivity index (χ3n) is 7.33. The van der Waals surface area contributed by atoms with Gasteiger partial charge in [-0.2, -0.15) is 5.10 Å². The summed E-state index contributed by atoms with van der Waals surface area (Å²) in [6.07, 6.45) is 5.91. The highest BCUT2D eigenvalue weighted by Crippen LogP contribution is 2.35. The monoisotopic (exact) mass is 534 g/mol. The van der Waals surface area contributed by atoms with Crippen LogP contribution in [0.15, 0.2) is 35.1 Å². The summed E-state index contributed by atoms with van der Waals surface area (Å²) >= 11 is 0. The molecule has 11 nitrogen and oxygen atoms in total. The second kappa shape index (κ2) is 10.3. The number of anilines is 2. The van der Waals surface area contributed by atoms with Gasteiger partial charge in [-0.1, -0.05) is 0 Å². The lowest BCUT2D eigenvalue weighted by atomic mass is 10.0. The fraction of sp³-hybridized carbons (Fsp3) is 0.407. The molecule has 1 aromatic carbocycles. The molecule has 5 heterocycles. The molecule has 2 aliphatic rings. The maximum atomic E-state index is 15.4. The zero-order valence-electron chi connectivity index (χ0n) is 22.2. The Balaban J connectivity index is 1.44. The van der Waals surface area contributed by atoms with Gasteiger partial charge in [-0.15, -0.1) is 0 Å². The number of amides is 1. The van der Waals surface area contributed by atoms with Crippen molar-refractivity contribution in [2.24, 2.45) is 0 Å². The van der Waals surface area contributed by atoms with Crippen molar-refractivity contribution in [2.75, 3.05) is 63.7 Å². The second-order valence-corrected chi connectivity index (χ2v) is 10.1. The van der Waals surface area contributed by atoms with Gasteiger partial charge in [0.15, 0.2) is 11.4 Å². The predicted octanol–water partition coefficient (Wildman–Crippen LogP) is 2.81. The molecule has 2 fully saturated rings. The largest absolute Gasteiger partial charge is 0.423 e. The van der Waals surface area contributed by atoms with Crippen LogP contribution in [0.4, 0.5) is 16.2 Å². The lowest BCUT2D eigenvalue weighted by Gasteiger charge is -2.31. The van der Waals surface area contributed by atoms with Crippen molar-refractivity contribution in [3.8, 4) is 22.5 Å². The van der Waals surface area contributed by atoms with Crippen LogP contribution < -0.4 is 15.5 Å². The molecule has 12 heteroatoms. The Hall–Kier alpha value is -4.03. The highest BCUT2D eigenvalue weighted by Gasteiger charge is 2.25. The molecule has 3 aromatic heterocycles. The predicted molar refractivity (Wildman–Crippen MR) is 145 cm³/mol. The van der Waals surface area contributed by atoms with E-state index in [0.717, 1.165) is 32.6 Å². The Bertz CT molecular complexity index is 1520. The molecule has 0 unspecified atom stereocenters. The number of carbonyl (C=O) groups is 1. The molecule has 204 valence electrons. The lowest BCUT2D eigenvalue weighted by Crippen LogP contribution is -2.44. The quantitative estimate of drug-likeness (QED) is 0.386. The maximum Gasteiger partial charge on any atom is 0.297 e. The standard InChI is InChI=1S/C27H31FN8O3/c1-16-10-17(26(37)29-2)11-19(23(16)28)20-12-31-36-14-21(24(33-25(20)36)32-18-4-9-38-15-18)22-13-30-27(39-22)35-7-5-34(3)6-8-35/h10-14,18H,4-9,15H2,1-3H3,(H,29,37)(H,32,33)/t18-/m0/s1. The first kappa shape index (κ1) is 25.3. The van der Waals surface area contributed by atoms with Crippen LogP contribution in [0.1, 0.15) is 22.3 Å². The van der Waals surface area contributed by atoms with E-state index in [1.165, 1.54) is 12.1 Å². The summed E-state index contributed by atoms with van der Waals surface area (Å²) in [6.45, 7) is 6.40. The van der Waals surface area contributed by atoms with E-state index in [0.29, 0.717) is 58.7 Å². The molecule has 2 N–H and O–H groups in total. The number of ether oxygens (including phenoxy) is 1. The molecule has 2 saturated heterocycles. The zero-order valence-corrected chi connectivity index (χ0v) is 22.2. The van der Waals surface area contributed by atoms with Gasteiger partial charge in [0.05, 0.1) is 30.6 Å². The van der Waals surface area contributed by atoms with Gasteiger partial charge < -0.3 is 29.6 Å². The minimum absolute atomic E-state index is 0.0700. The summed E-state index contributed by atoms with van der Waals surface area (Å²) in [4.78, 5) is 26.2. The molecular weight excluding hydrogens is 503 g/mol. The number of hydrogen-bond donors (Lipinski definition) is 2. The summed E-state index contributed by atoms with van der Waals surface area (Å²) in [5.74, 6) is 0.408. The SMILES string of the molecule is CNC(=O)c1cc(C)c(F)c(-c2cnn3cc(-c4cnc(N5CCN(C)CC5)o4)c(N[C@H]4CCOC4)nc23)c1. The molecule has 4 aromatic rings. The second-order valence-electron chi connectivity index (χ2n) is 10.1. The number of nitrogens with zero attached hydrogens (tertiary/aromatic N) is 6. The van der Waals surface area contributed by atoms with E-state index >= 15 is 4.39 Å². The molecule has 6 rings (SSSR count). The average Bonchev–Trinajstić information content (AvgIpc) is 3.71. The van der Waals surface area contributed by atoms with Crippen LogP contribution in [0.2, 0.25) is 0 Å².